The summed E-state index contributed by atoms with van der Waals surface area (Å²) in [6, 6.07) is 5.29. The molecule has 112 valence electrons. The number of hydrogen-bond donors (Lipinski definition) is 2. The molecule has 0 heterocycles. The second-order valence-corrected chi connectivity index (χ2v) is 3.97. The van der Waals surface area contributed by atoms with Crippen molar-refractivity contribution in [2.24, 2.45) is 0 Å². The van der Waals surface area contributed by atoms with Crippen molar-refractivity contribution in [1.82, 2.24) is 0 Å². The van der Waals surface area contributed by atoms with E-state index in [0.717, 1.165) is 0 Å². The number of alkyl halides is 2. The van der Waals surface area contributed by atoms with Crippen LogP contribution in [0.4, 0.5) is 8.78 Å². The van der Waals surface area contributed by atoms with E-state index in [1.165, 1.54) is 24.3 Å². The van der Waals surface area contributed by atoms with Crippen LogP contribution in [0.15, 0.2) is 24.3 Å². The first-order chi connectivity index (χ1) is 9.43. The zero-order valence-corrected chi connectivity index (χ0v) is 10.8. The molecule has 0 spiro atoms. The first kappa shape index (κ1) is 16.3. The van der Waals surface area contributed by atoms with Gasteiger partial charge in [-0.05, 0) is 24.6 Å². The summed E-state index contributed by atoms with van der Waals surface area (Å²) in [5.41, 5.74) is 0.167. The maximum Gasteiger partial charge on any atom is 0.387 e. The van der Waals surface area contributed by atoms with E-state index in [2.05, 4.69) is 9.47 Å². The minimum atomic E-state index is -2.98. The number of rotatable bonds is 7. The number of benzene rings is 1. The standard InChI is InChI=1S/C13H16F2O5/c1-2-19-11(17)7-10(16)12(18)8-4-3-5-9(6-8)20-13(14)15/h3-6,10,12-13,16,18H,2,7H2,1H3. The molecule has 1 aromatic carbocycles. The lowest BCUT2D eigenvalue weighted by Gasteiger charge is -2.18. The zero-order valence-electron chi connectivity index (χ0n) is 10.8. The molecular weight excluding hydrogens is 274 g/mol. The van der Waals surface area contributed by atoms with Crippen molar-refractivity contribution in [1.29, 1.82) is 0 Å². The number of carbonyl (C=O) groups is 1. The number of halogens is 2. The predicted octanol–water partition coefficient (Wildman–Crippen LogP) is 1.64. The van der Waals surface area contributed by atoms with Gasteiger partial charge in [-0.3, -0.25) is 4.79 Å². The second kappa shape index (κ2) is 7.76. The van der Waals surface area contributed by atoms with Gasteiger partial charge >= 0.3 is 12.6 Å². The van der Waals surface area contributed by atoms with E-state index in [4.69, 9.17) is 0 Å². The zero-order chi connectivity index (χ0) is 15.1. The lowest BCUT2D eigenvalue weighted by atomic mass is 10.0. The molecule has 0 radical (unpaired) electrons. The summed E-state index contributed by atoms with van der Waals surface area (Å²) >= 11 is 0. The first-order valence-corrected chi connectivity index (χ1v) is 6.00. The number of carbonyl (C=O) groups excluding carboxylic acids is 1. The van der Waals surface area contributed by atoms with Crippen molar-refractivity contribution in [3.63, 3.8) is 0 Å². The lowest BCUT2D eigenvalue weighted by Crippen LogP contribution is -2.23. The average molecular weight is 290 g/mol. The second-order valence-electron chi connectivity index (χ2n) is 3.97. The topological polar surface area (TPSA) is 76.0 Å². The molecular formula is C13H16F2O5. The molecule has 0 bridgehead atoms. The highest BCUT2D eigenvalue weighted by Crippen LogP contribution is 2.24. The van der Waals surface area contributed by atoms with Gasteiger partial charge in [-0.1, -0.05) is 12.1 Å². The normalized spacial score (nSPS) is 13.9. The Kier molecular flexibility index (Phi) is 6.33. The van der Waals surface area contributed by atoms with Crippen molar-refractivity contribution in [3.8, 4) is 5.75 Å². The maximum atomic E-state index is 12.1. The monoisotopic (exact) mass is 290 g/mol. The largest absolute Gasteiger partial charge is 0.466 e. The molecule has 1 aromatic rings. The van der Waals surface area contributed by atoms with Crippen LogP contribution in [0.2, 0.25) is 0 Å². The molecule has 0 aromatic heterocycles. The van der Waals surface area contributed by atoms with Gasteiger partial charge in [0.1, 0.15) is 11.9 Å². The van der Waals surface area contributed by atoms with Crippen LogP contribution in [0.25, 0.3) is 0 Å². The number of esters is 1. The summed E-state index contributed by atoms with van der Waals surface area (Å²) in [4.78, 5) is 11.2. The fourth-order valence-electron chi connectivity index (χ4n) is 1.60. The number of hydrogen-bond acceptors (Lipinski definition) is 5. The van der Waals surface area contributed by atoms with Crippen LogP contribution in [0, 0.1) is 0 Å². The number of ether oxygens (including phenoxy) is 2. The average Bonchev–Trinajstić information content (AvgIpc) is 2.37. The molecule has 0 aliphatic rings. The molecule has 20 heavy (non-hydrogen) atoms. The molecule has 2 N–H and O–H groups in total. The van der Waals surface area contributed by atoms with Gasteiger partial charge in [0.15, 0.2) is 0 Å². The van der Waals surface area contributed by atoms with E-state index in [0.29, 0.717) is 0 Å². The summed E-state index contributed by atoms with van der Waals surface area (Å²) in [5, 5.41) is 19.6. The summed E-state index contributed by atoms with van der Waals surface area (Å²) in [5.74, 6) is -0.793. The van der Waals surface area contributed by atoms with Gasteiger partial charge in [0.25, 0.3) is 0 Å². The van der Waals surface area contributed by atoms with Crippen LogP contribution >= 0.6 is 0 Å². The highest BCUT2D eigenvalue weighted by molar-refractivity contribution is 5.70. The Hall–Kier alpha value is -1.73. The molecule has 5 nitrogen and oxygen atoms in total. The van der Waals surface area contributed by atoms with Crippen LogP contribution in [0.3, 0.4) is 0 Å². The maximum absolute atomic E-state index is 12.1. The third-order valence-electron chi connectivity index (χ3n) is 2.47. The third kappa shape index (κ3) is 5.10. The molecule has 0 amide bonds. The Morgan fingerprint density at radius 2 is 2.05 bits per heavy atom. The summed E-state index contributed by atoms with van der Waals surface area (Å²) in [7, 11) is 0. The molecule has 1 rings (SSSR count). The fraction of sp³-hybridized carbons (Fsp3) is 0.462. The summed E-state index contributed by atoms with van der Waals surface area (Å²) in [6.07, 6.45) is -3.19. The number of aliphatic hydroxyl groups is 2. The highest BCUT2D eigenvalue weighted by atomic mass is 19.3. The number of aliphatic hydroxyl groups excluding tert-OH is 2. The van der Waals surface area contributed by atoms with Crippen molar-refractivity contribution in [3.05, 3.63) is 29.8 Å². The van der Waals surface area contributed by atoms with E-state index < -0.39 is 31.2 Å². The minimum Gasteiger partial charge on any atom is -0.466 e. The molecule has 0 saturated heterocycles. The first-order valence-electron chi connectivity index (χ1n) is 6.00. The van der Waals surface area contributed by atoms with Gasteiger partial charge in [-0.25, -0.2) is 0 Å². The van der Waals surface area contributed by atoms with Gasteiger partial charge < -0.3 is 19.7 Å². The van der Waals surface area contributed by atoms with Crippen molar-refractivity contribution >= 4 is 5.97 Å². The van der Waals surface area contributed by atoms with Gasteiger partial charge in [0, 0.05) is 0 Å². The van der Waals surface area contributed by atoms with Gasteiger partial charge in [0.2, 0.25) is 0 Å². The Balaban J connectivity index is 2.70. The SMILES string of the molecule is CCOC(=O)CC(O)C(O)c1cccc(OC(F)F)c1. The van der Waals surface area contributed by atoms with Crippen molar-refractivity contribution in [2.45, 2.75) is 32.2 Å². The Labute approximate surface area is 114 Å². The predicted molar refractivity (Wildman–Crippen MR) is 65.3 cm³/mol. The molecule has 7 heteroatoms. The molecule has 2 atom stereocenters. The van der Waals surface area contributed by atoms with Gasteiger partial charge in [-0.15, -0.1) is 0 Å². The van der Waals surface area contributed by atoms with Gasteiger partial charge in [-0.2, -0.15) is 8.78 Å². The van der Waals surface area contributed by atoms with E-state index in [-0.39, 0.29) is 17.9 Å². The molecule has 2 unspecified atom stereocenters. The molecule has 0 aliphatic carbocycles. The van der Waals surface area contributed by atoms with Crippen LogP contribution in [0.1, 0.15) is 25.0 Å². The van der Waals surface area contributed by atoms with Crippen molar-refractivity contribution in [2.75, 3.05) is 6.61 Å². The Bertz CT molecular complexity index is 439. The summed E-state index contributed by atoms with van der Waals surface area (Å²) in [6.45, 7) is -1.20. The smallest absolute Gasteiger partial charge is 0.387 e. The van der Waals surface area contributed by atoms with E-state index in [1.807, 2.05) is 0 Å². The molecule has 0 fully saturated rings. The van der Waals surface area contributed by atoms with Crippen LogP contribution < -0.4 is 4.74 Å². The van der Waals surface area contributed by atoms with E-state index in [1.54, 1.807) is 6.92 Å². The fourth-order valence-corrected chi connectivity index (χ4v) is 1.60. The third-order valence-corrected chi connectivity index (χ3v) is 2.47. The molecule has 0 aliphatic heterocycles. The summed E-state index contributed by atoms with van der Waals surface area (Å²) < 4.78 is 33.0. The quantitative estimate of drug-likeness (QED) is 0.747. The van der Waals surface area contributed by atoms with Gasteiger partial charge in [0.05, 0.1) is 19.1 Å². The van der Waals surface area contributed by atoms with Crippen LogP contribution in [0.5, 0.6) is 5.75 Å². The Morgan fingerprint density at radius 3 is 2.65 bits per heavy atom. The van der Waals surface area contributed by atoms with E-state index >= 15 is 0 Å². The van der Waals surface area contributed by atoms with Crippen LogP contribution in [-0.4, -0.2) is 35.5 Å². The highest BCUT2D eigenvalue weighted by Gasteiger charge is 2.22. The minimum absolute atomic E-state index is 0.139. The van der Waals surface area contributed by atoms with E-state index in [9.17, 15) is 23.8 Å². The van der Waals surface area contributed by atoms with Crippen LogP contribution in [-0.2, 0) is 9.53 Å². The Morgan fingerprint density at radius 1 is 1.35 bits per heavy atom. The lowest BCUT2D eigenvalue weighted by molar-refractivity contribution is -0.147. The molecule has 0 saturated carbocycles. The van der Waals surface area contributed by atoms with Crippen molar-refractivity contribution < 1.29 is 33.3 Å².